The van der Waals surface area contributed by atoms with Gasteiger partial charge in [0.2, 0.25) is 5.82 Å². The lowest BCUT2D eigenvalue weighted by Crippen LogP contribution is -2.13. The summed E-state index contributed by atoms with van der Waals surface area (Å²) in [7, 11) is 0. The molecule has 1 N–H and O–H groups in total. The first kappa shape index (κ1) is 16.1. The molecule has 0 saturated carbocycles. The van der Waals surface area contributed by atoms with Crippen LogP contribution in [-0.2, 0) is 6.18 Å². The highest BCUT2D eigenvalue weighted by Crippen LogP contribution is 2.29. The Bertz CT molecular complexity index is 396. The van der Waals surface area contributed by atoms with E-state index in [-0.39, 0.29) is 5.82 Å². The van der Waals surface area contributed by atoms with E-state index in [1.54, 1.807) is 6.07 Å². The van der Waals surface area contributed by atoms with Gasteiger partial charge in [-0.2, -0.15) is 13.2 Å². The van der Waals surface area contributed by atoms with Crippen LogP contribution in [0.1, 0.15) is 38.9 Å². The smallest absolute Gasteiger partial charge is 0.370 e. The van der Waals surface area contributed by atoms with E-state index in [0.29, 0.717) is 11.6 Å². The third-order valence-corrected chi connectivity index (χ3v) is 3.31. The highest BCUT2D eigenvalue weighted by Gasteiger charge is 2.35. The van der Waals surface area contributed by atoms with E-state index in [1.807, 2.05) is 6.92 Å². The largest absolute Gasteiger partial charge is 0.451 e. The number of hydrogen-bond acceptors (Lipinski definition) is 4. The molecule has 1 aromatic rings. The average Bonchev–Trinajstić information content (AvgIpc) is 2.34. The van der Waals surface area contributed by atoms with Crippen LogP contribution in [0.5, 0.6) is 0 Å². The number of alkyl halides is 3. The van der Waals surface area contributed by atoms with Gasteiger partial charge in [-0.3, -0.25) is 0 Å². The van der Waals surface area contributed by atoms with E-state index in [9.17, 15) is 13.2 Å². The maximum atomic E-state index is 12.7. The molecule has 0 unspecified atom stereocenters. The summed E-state index contributed by atoms with van der Waals surface area (Å²) in [5, 5.41) is 3.17. The minimum atomic E-state index is -4.51. The van der Waals surface area contributed by atoms with Crippen LogP contribution < -0.4 is 5.32 Å². The van der Waals surface area contributed by atoms with Crippen molar-refractivity contribution in [2.24, 2.45) is 0 Å². The van der Waals surface area contributed by atoms with Crippen LogP contribution in [0.25, 0.3) is 0 Å². The lowest BCUT2D eigenvalue weighted by Gasteiger charge is -2.10. The summed E-state index contributed by atoms with van der Waals surface area (Å²) in [5.74, 6) is -0.0833. The monoisotopic (exact) mass is 293 g/mol. The zero-order valence-corrected chi connectivity index (χ0v) is 11.9. The van der Waals surface area contributed by atoms with E-state index in [1.165, 1.54) is 11.8 Å². The SMILES string of the molecule is CCCCCSc1cc(NCC)nc(C(F)(F)F)n1. The van der Waals surface area contributed by atoms with E-state index < -0.39 is 12.0 Å². The number of nitrogens with zero attached hydrogens (tertiary/aromatic N) is 2. The van der Waals surface area contributed by atoms with E-state index in [2.05, 4.69) is 22.2 Å². The van der Waals surface area contributed by atoms with Crippen LogP contribution >= 0.6 is 11.8 Å². The number of hydrogen-bond donors (Lipinski definition) is 1. The van der Waals surface area contributed by atoms with Crippen molar-refractivity contribution < 1.29 is 13.2 Å². The summed E-state index contributed by atoms with van der Waals surface area (Å²) in [6, 6.07) is 1.56. The second-order valence-corrected chi connectivity index (χ2v) is 5.11. The van der Waals surface area contributed by atoms with Crippen molar-refractivity contribution in [3.63, 3.8) is 0 Å². The zero-order chi connectivity index (χ0) is 14.3. The molecule has 7 heteroatoms. The van der Waals surface area contributed by atoms with Crippen LogP contribution in [0.4, 0.5) is 19.0 Å². The average molecular weight is 293 g/mol. The van der Waals surface area contributed by atoms with Crippen molar-refractivity contribution in [3.05, 3.63) is 11.9 Å². The molecule has 0 aliphatic carbocycles. The summed E-state index contributed by atoms with van der Waals surface area (Å²) in [6.45, 7) is 4.41. The molecule has 1 heterocycles. The second-order valence-electron chi connectivity index (χ2n) is 4.00. The fraction of sp³-hybridized carbons (Fsp3) is 0.667. The molecule has 0 fully saturated rings. The van der Waals surface area contributed by atoms with Gasteiger partial charge in [-0.25, -0.2) is 9.97 Å². The molecule has 0 atom stereocenters. The number of halogens is 3. The molecule has 0 spiro atoms. The summed E-state index contributed by atoms with van der Waals surface area (Å²) < 4.78 is 38.0. The van der Waals surface area contributed by atoms with Gasteiger partial charge in [0.05, 0.1) is 0 Å². The Labute approximate surface area is 115 Å². The Morgan fingerprint density at radius 2 is 1.95 bits per heavy atom. The molecular weight excluding hydrogens is 275 g/mol. The molecule has 0 radical (unpaired) electrons. The first-order valence-corrected chi connectivity index (χ1v) is 7.28. The van der Waals surface area contributed by atoms with Gasteiger partial charge in [0.1, 0.15) is 10.8 Å². The van der Waals surface area contributed by atoms with Gasteiger partial charge in [0.15, 0.2) is 0 Å². The number of rotatable bonds is 7. The van der Waals surface area contributed by atoms with E-state index in [4.69, 9.17) is 0 Å². The molecule has 0 bridgehead atoms. The van der Waals surface area contributed by atoms with Gasteiger partial charge in [-0.05, 0) is 19.1 Å². The minimum Gasteiger partial charge on any atom is -0.370 e. The lowest BCUT2D eigenvalue weighted by atomic mass is 10.3. The van der Waals surface area contributed by atoms with E-state index in [0.717, 1.165) is 25.0 Å². The number of unbranched alkanes of at least 4 members (excludes halogenated alkanes) is 2. The minimum absolute atomic E-state index is 0.225. The third kappa shape index (κ3) is 5.67. The standard InChI is InChI=1S/C12H18F3N3S/c1-3-5-6-7-19-10-8-9(16-4-2)17-11(18-10)12(13,14)15/h8H,3-7H2,1-2H3,(H,16,17,18). The predicted molar refractivity (Wildman–Crippen MR) is 71.4 cm³/mol. The Morgan fingerprint density at radius 3 is 2.53 bits per heavy atom. The Hall–Kier alpha value is -0.980. The first-order chi connectivity index (χ1) is 8.97. The topological polar surface area (TPSA) is 37.8 Å². The van der Waals surface area contributed by atoms with Crippen molar-refractivity contribution >= 4 is 17.6 Å². The maximum Gasteiger partial charge on any atom is 0.451 e. The molecule has 19 heavy (non-hydrogen) atoms. The molecule has 3 nitrogen and oxygen atoms in total. The van der Waals surface area contributed by atoms with Gasteiger partial charge in [0.25, 0.3) is 0 Å². The lowest BCUT2D eigenvalue weighted by molar-refractivity contribution is -0.145. The number of aromatic nitrogens is 2. The normalized spacial score (nSPS) is 11.6. The van der Waals surface area contributed by atoms with Crippen LogP contribution in [0.3, 0.4) is 0 Å². The van der Waals surface area contributed by atoms with Gasteiger partial charge in [-0.1, -0.05) is 19.8 Å². The number of anilines is 1. The Balaban J connectivity index is 2.81. The number of nitrogens with one attached hydrogen (secondary N) is 1. The molecule has 1 rings (SSSR count). The molecule has 0 aliphatic rings. The molecule has 0 aromatic carbocycles. The molecule has 108 valence electrons. The maximum absolute atomic E-state index is 12.7. The number of thioether (sulfide) groups is 1. The molecular formula is C12H18F3N3S. The predicted octanol–water partition coefficient (Wildman–Crippen LogP) is 4.21. The fourth-order valence-electron chi connectivity index (χ4n) is 1.43. The van der Waals surface area contributed by atoms with Crippen LogP contribution in [0, 0.1) is 0 Å². The third-order valence-electron chi connectivity index (χ3n) is 2.31. The molecule has 0 saturated heterocycles. The van der Waals surface area contributed by atoms with Crippen molar-refractivity contribution in [1.29, 1.82) is 0 Å². The molecule has 0 amide bonds. The van der Waals surface area contributed by atoms with Crippen LogP contribution in [0.2, 0.25) is 0 Å². The van der Waals surface area contributed by atoms with Crippen molar-refractivity contribution in [2.45, 2.75) is 44.3 Å². The summed E-state index contributed by atoms with van der Waals surface area (Å²) >= 11 is 1.34. The second kappa shape index (κ2) is 7.57. The van der Waals surface area contributed by atoms with E-state index >= 15 is 0 Å². The van der Waals surface area contributed by atoms with Crippen molar-refractivity contribution in [2.75, 3.05) is 17.6 Å². The van der Waals surface area contributed by atoms with Crippen molar-refractivity contribution in [3.8, 4) is 0 Å². The summed E-state index contributed by atoms with van der Waals surface area (Å²) in [6.07, 6.45) is -1.38. The van der Waals surface area contributed by atoms with Gasteiger partial charge < -0.3 is 5.32 Å². The first-order valence-electron chi connectivity index (χ1n) is 6.30. The highest BCUT2D eigenvalue weighted by molar-refractivity contribution is 7.99. The highest BCUT2D eigenvalue weighted by atomic mass is 32.2. The Kier molecular flexibility index (Phi) is 6.41. The fourth-order valence-corrected chi connectivity index (χ4v) is 2.33. The van der Waals surface area contributed by atoms with Crippen LogP contribution in [-0.4, -0.2) is 22.3 Å². The van der Waals surface area contributed by atoms with Gasteiger partial charge in [0, 0.05) is 12.6 Å². The molecule has 0 aliphatic heterocycles. The van der Waals surface area contributed by atoms with Gasteiger partial charge in [-0.15, -0.1) is 11.8 Å². The van der Waals surface area contributed by atoms with Crippen LogP contribution in [0.15, 0.2) is 11.1 Å². The zero-order valence-electron chi connectivity index (χ0n) is 11.0. The summed E-state index contributed by atoms with van der Waals surface area (Å²) in [5.41, 5.74) is 0. The van der Waals surface area contributed by atoms with Crippen molar-refractivity contribution in [1.82, 2.24) is 9.97 Å². The molecule has 1 aromatic heterocycles. The quantitative estimate of drug-likeness (QED) is 0.464. The Morgan fingerprint density at radius 1 is 1.21 bits per heavy atom. The van der Waals surface area contributed by atoms with Gasteiger partial charge >= 0.3 is 6.18 Å². The summed E-state index contributed by atoms with van der Waals surface area (Å²) in [4.78, 5) is 7.05.